The number of carbonyl (C=O) groups excluding carboxylic acids is 1. The molecule has 0 saturated carbocycles. The molecule has 1 amide bonds. The summed E-state index contributed by atoms with van der Waals surface area (Å²) in [6, 6.07) is 1.46. The summed E-state index contributed by atoms with van der Waals surface area (Å²) in [6.07, 6.45) is 3.54. The Balaban J connectivity index is 2.17. The monoisotopic (exact) mass is 265 g/mol. The molecule has 1 unspecified atom stereocenters. The molecule has 1 atom stereocenters. The fourth-order valence-corrected chi connectivity index (χ4v) is 2.42. The third kappa shape index (κ3) is 2.85. The first kappa shape index (κ1) is 13.8. The average Bonchev–Trinajstić information content (AvgIpc) is 2.89. The number of nitrogens with one attached hydrogen (secondary N) is 1. The van der Waals surface area contributed by atoms with Gasteiger partial charge in [0.05, 0.1) is 5.56 Å². The van der Waals surface area contributed by atoms with E-state index < -0.39 is 5.82 Å². The molecular formula is C14H20FN3O. The van der Waals surface area contributed by atoms with Crippen molar-refractivity contribution >= 4 is 11.7 Å². The normalized spacial score (nSPS) is 18.7. The van der Waals surface area contributed by atoms with E-state index in [0.717, 1.165) is 25.9 Å². The van der Waals surface area contributed by atoms with E-state index >= 15 is 0 Å². The van der Waals surface area contributed by atoms with Gasteiger partial charge in [-0.3, -0.25) is 4.79 Å². The second-order valence-corrected chi connectivity index (χ2v) is 4.87. The highest BCUT2D eigenvalue weighted by molar-refractivity contribution is 5.95. The number of anilines is 1. The molecule has 5 heteroatoms. The number of likely N-dealkylation sites (tertiary alicyclic amines) is 1. The first-order chi connectivity index (χ1) is 9.17. The van der Waals surface area contributed by atoms with Crippen LogP contribution in [0.2, 0.25) is 0 Å². The van der Waals surface area contributed by atoms with Gasteiger partial charge in [0, 0.05) is 25.8 Å². The first-order valence-electron chi connectivity index (χ1n) is 6.85. The van der Waals surface area contributed by atoms with Gasteiger partial charge >= 0.3 is 0 Å². The number of hydrogen-bond acceptors (Lipinski definition) is 3. The van der Waals surface area contributed by atoms with Gasteiger partial charge < -0.3 is 10.2 Å². The maximum atomic E-state index is 14.2. The predicted molar refractivity (Wildman–Crippen MR) is 72.7 cm³/mol. The van der Waals surface area contributed by atoms with Crippen molar-refractivity contribution in [3.05, 3.63) is 23.6 Å². The predicted octanol–water partition coefficient (Wildman–Crippen LogP) is 2.52. The Labute approximate surface area is 113 Å². The summed E-state index contributed by atoms with van der Waals surface area (Å²) < 4.78 is 14.2. The molecule has 2 rings (SSSR count). The third-order valence-corrected chi connectivity index (χ3v) is 3.61. The number of carbonyl (C=O) groups is 1. The number of nitrogens with zero attached hydrogens (tertiary/aromatic N) is 2. The summed E-state index contributed by atoms with van der Waals surface area (Å²) in [5, 5.41) is 2.82. The fourth-order valence-electron chi connectivity index (χ4n) is 2.42. The Hall–Kier alpha value is -1.65. The van der Waals surface area contributed by atoms with Crippen LogP contribution in [-0.2, 0) is 0 Å². The van der Waals surface area contributed by atoms with E-state index in [1.54, 1.807) is 4.90 Å². The molecule has 104 valence electrons. The van der Waals surface area contributed by atoms with Gasteiger partial charge in [-0.05, 0) is 25.3 Å². The molecule has 1 aliphatic heterocycles. The largest absolute Gasteiger partial charge is 0.368 e. The zero-order valence-electron chi connectivity index (χ0n) is 11.4. The van der Waals surface area contributed by atoms with Gasteiger partial charge in [-0.1, -0.05) is 13.3 Å². The van der Waals surface area contributed by atoms with Crippen molar-refractivity contribution < 1.29 is 9.18 Å². The lowest BCUT2D eigenvalue weighted by atomic mass is 10.1. The van der Waals surface area contributed by atoms with Crippen LogP contribution in [0.4, 0.5) is 10.2 Å². The fraction of sp³-hybridized carbons (Fsp3) is 0.571. The standard InChI is InChI=1S/C14H20FN3O/c1-3-10-6-8-18(9-10)14(19)11-5-7-17-13(12(11)15)16-4-2/h5,7,10H,3-4,6,8-9H2,1-2H3,(H,16,17). The lowest BCUT2D eigenvalue weighted by Gasteiger charge is -2.17. The van der Waals surface area contributed by atoms with Crippen molar-refractivity contribution in [1.29, 1.82) is 0 Å². The Morgan fingerprint density at radius 1 is 1.58 bits per heavy atom. The van der Waals surface area contributed by atoms with Crippen LogP contribution in [0.5, 0.6) is 0 Å². The summed E-state index contributed by atoms with van der Waals surface area (Å²) in [6.45, 7) is 6.00. The van der Waals surface area contributed by atoms with E-state index in [-0.39, 0.29) is 17.3 Å². The Morgan fingerprint density at radius 2 is 2.37 bits per heavy atom. The molecule has 1 aromatic rings. The molecular weight excluding hydrogens is 245 g/mol. The summed E-state index contributed by atoms with van der Waals surface area (Å²) in [5.41, 5.74) is 0.114. The minimum Gasteiger partial charge on any atom is -0.368 e. The van der Waals surface area contributed by atoms with E-state index in [1.807, 2.05) is 6.92 Å². The quantitative estimate of drug-likeness (QED) is 0.910. The number of halogens is 1. The molecule has 0 aromatic carbocycles. The zero-order valence-corrected chi connectivity index (χ0v) is 11.4. The van der Waals surface area contributed by atoms with Crippen LogP contribution >= 0.6 is 0 Å². The summed E-state index contributed by atoms with van der Waals surface area (Å²) in [7, 11) is 0. The summed E-state index contributed by atoms with van der Waals surface area (Å²) in [5.74, 6) is -0.0778. The van der Waals surface area contributed by atoms with E-state index in [1.165, 1.54) is 12.3 Å². The highest BCUT2D eigenvalue weighted by atomic mass is 19.1. The van der Waals surface area contributed by atoms with Crippen LogP contribution in [0.3, 0.4) is 0 Å². The molecule has 1 aliphatic rings. The van der Waals surface area contributed by atoms with Crippen LogP contribution in [0.15, 0.2) is 12.3 Å². The van der Waals surface area contributed by atoms with Gasteiger partial charge in [-0.15, -0.1) is 0 Å². The topological polar surface area (TPSA) is 45.2 Å². The summed E-state index contributed by atoms with van der Waals surface area (Å²) >= 11 is 0. The van der Waals surface area contributed by atoms with E-state index in [9.17, 15) is 9.18 Å². The van der Waals surface area contributed by atoms with Crippen molar-refractivity contribution in [1.82, 2.24) is 9.88 Å². The highest BCUT2D eigenvalue weighted by Crippen LogP contribution is 2.23. The maximum Gasteiger partial charge on any atom is 0.257 e. The van der Waals surface area contributed by atoms with Gasteiger partial charge in [-0.2, -0.15) is 0 Å². The molecule has 4 nitrogen and oxygen atoms in total. The molecule has 0 spiro atoms. The van der Waals surface area contributed by atoms with E-state index in [0.29, 0.717) is 12.5 Å². The number of amides is 1. The van der Waals surface area contributed by atoms with Gasteiger partial charge in [0.1, 0.15) is 0 Å². The molecule has 0 aliphatic carbocycles. The molecule has 1 N–H and O–H groups in total. The Morgan fingerprint density at radius 3 is 3.00 bits per heavy atom. The Bertz CT molecular complexity index is 464. The number of hydrogen-bond donors (Lipinski definition) is 1. The molecule has 1 aromatic heterocycles. The van der Waals surface area contributed by atoms with Crippen molar-refractivity contribution in [3.63, 3.8) is 0 Å². The second kappa shape index (κ2) is 5.99. The van der Waals surface area contributed by atoms with Crippen LogP contribution in [0.25, 0.3) is 0 Å². The average molecular weight is 265 g/mol. The molecule has 2 heterocycles. The van der Waals surface area contributed by atoms with Gasteiger partial charge in [0.25, 0.3) is 5.91 Å². The van der Waals surface area contributed by atoms with E-state index in [2.05, 4.69) is 17.2 Å². The van der Waals surface area contributed by atoms with Gasteiger partial charge in [0.2, 0.25) is 0 Å². The molecule has 1 fully saturated rings. The second-order valence-electron chi connectivity index (χ2n) is 4.87. The number of pyridine rings is 1. The summed E-state index contributed by atoms with van der Waals surface area (Å²) in [4.78, 5) is 18.0. The number of rotatable bonds is 4. The minimum atomic E-state index is -0.547. The van der Waals surface area contributed by atoms with Crippen molar-refractivity contribution in [2.45, 2.75) is 26.7 Å². The van der Waals surface area contributed by atoms with E-state index in [4.69, 9.17) is 0 Å². The maximum absolute atomic E-state index is 14.2. The molecule has 0 bridgehead atoms. The Kier molecular flexibility index (Phi) is 4.35. The van der Waals surface area contributed by atoms with Crippen molar-refractivity contribution in [2.24, 2.45) is 5.92 Å². The highest BCUT2D eigenvalue weighted by Gasteiger charge is 2.28. The zero-order chi connectivity index (χ0) is 13.8. The van der Waals surface area contributed by atoms with Crippen LogP contribution in [-0.4, -0.2) is 35.4 Å². The molecule has 0 radical (unpaired) electrons. The minimum absolute atomic E-state index is 0.114. The lowest BCUT2D eigenvalue weighted by molar-refractivity contribution is 0.0782. The van der Waals surface area contributed by atoms with Gasteiger partial charge in [0.15, 0.2) is 11.6 Å². The SMILES string of the molecule is CCNc1nccc(C(=O)N2CCC(CC)C2)c1F. The third-order valence-electron chi connectivity index (χ3n) is 3.61. The van der Waals surface area contributed by atoms with Crippen LogP contribution in [0, 0.1) is 11.7 Å². The smallest absolute Gasteiger partial charge is 0.257 e. The molecule has 19 heavy (non-hydrogen) atoms. The lowest BCUT2D eigenvalue weighted by Crippen LogP contribution is -2.29. The number of aromatic nitrogens is 1. The molecule has 1 saturated heterocycles. The van der Waals surface area contributed by atoms with Gasteiger partial charge in [-0.25, -0.2) is 9.37 Å². The first-order valence-corrected chi connectivity index (χ1v) is 6.85. The van der Waals surface area contributed by atoms with Crippen molar-refractivity contribution in [3.8, 4) is 0 Å². The van der Waals surface area contributed by atoms with Crippen molar-refractivity contribution in [2.75, 3.05) is 25.0 Å². The van der Waals surface area contributed by atoms with Crippen LogP contribution < -0.4 is 5.32 Å². The van der Waals surface area contributed by atoms with Crippen LogP contribution in [0.1, 0.15) is 37.0 Å².